The number of fused-ring (bicyclic) bond motifs is 1. The van der Waals surface area contributed by atoms with E-state index in [1.54, 1.807) is 6.20 Å². The predicted molar refractivity (Wildman–Crippen MR) is 66.4 cm³/mol. The summed E-state index contributed by atoms with van der Waals surface area (Å²) >= 11 is 0. The van der Waals surface area contributed by atoms with Gasteiger partial charge in [-0.1, -0.05) is 12.1 Å². The molecule has 0 aliphatic rings. The molecule has 1 atom stereocenters. The van der Waals surface area contributed by atoms with Crippen LogP contribution in [-0.4, -0.2) is 21.9 Å². The molecule has 0 fully saturated rings. The van der Waals surface area contributed by atoms with Gasteiger partial charge in [-0.05, 0) is 19.1 Å². The minimum absolute atomic E-state index is 0.0528. The summed E-state index contributed by atoms with van der Waals surface area (Å²) in [7, 11) is 0. The van der Waals surface area contributed by atoms with Crippen LogP contribution in [0.5, 0.6) is 0 Å². The van der Waals surface area contributed by atoms with Crippen molar-refractivity contribution >= 4 is 22.8 Å². The van der Waals surface area contributed by atoms with Gasteiger partial charge in [-0.25, -0.2) is 4.98 Å². The number of primary amides is 1. The number of rotatable bonds is 4. The van der Waals surface area contributed by atoms with Crippen molar-refractivity contribution in [1.29, 1.82) is 0 Å². The molecule has 0 saturated carbocycles. The first-order valence-corrected chi connectivity index (χ1v) is 5.42. The summed E-state index contributed by atoms with van der Waals surface area (Å²) < 4.78 is 0. The SMILES string of the molecule is CC(CC(N)=O)Nc1cnc2ccccc2n1. The monoisotopic (exact) mass is 230 g/mol. The van der Waals surface area contributed by atoms with Crippen molar-refractivity contribution in [2.75, 3.05) is 5.32 Å². The molecule has 0 saturated heterocycles. The lowest BCUT2D eigenvalue weighted by Gasteiger charge is -2.12. The number of anilines is 1. The summed E-state index contributed by atoms with van der Waals surface area (Å²) in [6.07, 6.45) is 1.92. The second-order valence-corrected chi connectivity index (χ2v) is 3.96. The molecule has 0 aliphatic heterocycles. The zero-order valence-corrected chi connectivity index (χ0v) is 9.55. The van der Waals surface area contributed by atoms with Crippen molar-refractivity contribution in [2.24, 2.45) is 5.73 Å². The number of hydrogen-bond acceptors (Lipinski definition) is 4. The van der Waals surface area contributed by atoms with Crippen LogP contribution in [0.1, 0.15) is 13.3 Å². The summed E-state index contributed by atoms with van der Waals surface area (Å²) in [5.41, 5.74) is 6.79. The van der Waals surface area contributed by atoms with Gasteiger partial charge in [0, 0.05) is 12.5 Å². The van der Waals surface area contributed by atoms with Crippen molar-refractivity contribution in [3.05, 3.63) is 30.5 Å². The van der Waals surface area contributed by atoms with Crippen molar-refractivity contribution in [3.8, 4) is 0 Å². The number of para-hydroxylation sites is 2. The van der Waals surface area contributed by atoms with E-state index in [1.807, 2.05) is 31.2 Å². The molecule has 0 aliphatic carbocycles. The molecule has 1 heterocycles. The van der Waals surface area contributed by atoms with Crippen LogP contribution in [-0.2, 0) is 4.79 Å². The third-order valence-corrected chi connectivity index (χ3v) is 2.35. The number of aromatic nitrogens is 2. The highest BCUT2D eigenvalue weighted by molar-refractivity contribution is 5.76. The van der Waals surface area contributed by atoms with Crippen LogP contribution < -0.4 is 11.1 Å². The van der Waals surface area contributed by atoms with E-state index in [0.29, 0.717) is 5.82 Å². The lowest BCUT2D eigenvalue weighted by Crippen LogP contribution is -2.24. The highest BCUT2D eigenvalue weighted by Crippen LogP contribution is 2.12. The number of hydrogen-bond donors (Lipinski definition) is 2. The molecule has 1 aromatic carbocycles. The van der Waals surface area contributed by atoms with E-state index in [2.05, 4.69) is 15.3 Å². The fourth-order valence-corrected chi connectivity index (χ4v) is 1.63. The molecule has 1 amide bonds. The van der Waals surface area contributed by atoms with Crippen LogP contribution in [0.3, 0.4) is 0 Å². The zero-order chi connectivity index (χ0) is 12.3. The number of benzene rings is 1. The first-order valence-electron chi connectivity index (χ1n) is 5.42. The van der Waals surface area contributed by atoms with E-state index in [1.165, 1.54) is 0 Å². The average molecular weight is 230 g/mol. The van der Waals surface area contributed by atoms with Gasteiger partial charge in [0.25, 0.3) is 0 Å². The smallest absolute Gasteiger partial charge is 0.219 e. The van der Waals surface area contributed by atoms with Crippen LogP contribution in [0.25, 0.3) is 11.0 Å². The van der Waals surface area contributed by atoms with Gasteiger partial charge in [-0.2, -0.15) is 0 Å². The Morgan fingerprint density at radius 2 is 2.12 bits per heavy atom. The fourth-order valence-electron chi connectivity index (χ4n) is 1.63. The summed E-state index contributed by atoms with van der Waals surface area (Å²) in [5, 5.41) is 3.09. The summed E-state index contributed by atoms with van der Waals surface area (Å²) in [6, 6.07) is 7.57. The van der Waals surface area contributed by atoms with Crippen LogP contribution >= 0.6 is 0 Å². The normalized spacial score (nSPS) is 12.3. The molecular weight excluding hydrogens is 216 g/mol. The molecule has 5 nitrogen and oxygen atoms in total. The maximum atomic E-state index is 10.8. The highest BCUT2D eigenvalue weighted by Gasteiger charge is 2.07. The van der Waals surface area contributed by atoms with Crippen molar-refractivity contribution < 1.29 is 4.79 Å². The molecule has 2 aromatic rings. The summed E-state index contributed by atoms with van der Waals surface area (Å²) in [6.45, 7) is 1.88. The molecule has 1 unspecified atom stereocenters. The quantitative estimate of drug-likeness (QED) is 0.829. The first kappa shape index (κ1) is 11.3. The number of carbonyl (C=O) groups excluding carboxylic acids is 1. The van der Waals surface area contributed by atoms with Gasteiger partial charge < -0.3 is 11.1 Å². The Balaban J connectivity index is 2.16. The third-order valence-electron chi connectivity index (χ3n) is 2.35. The standard InChI is InChI=1S/C12H14N4O/c1-8(6-11(13)17)15-12-7-14-9-4-2-3-5-10(9)16-12/h2-5,7-8H,6H2,1H3,(H2,13,17)(H,15,16). The van der Waals surface area contributed by atoms with Crippen molar-refractivity contribution in [1.82, 2.24) is 9.97 Å². The van der Waals surface area contributed by atoms with E-state index in [-0.39, 0.29) is 18.4 Å². The van der Waals surface area contributed by atoms with Crippen molar-refractivity contribution in [3.63, 3.8) is 0 Å². The van der Waals surface area contributed by atoms with E-state index in [0.717, 1.165) is 11.0 Å². The van der Waals surface area contributed by atoms with Gasteiger partial charge in [-0.15, -0.1) is 0 Å². The summed E-state index contributed by atoms with van der Waals surface area (Å²) in [4.78, 5) is 19.4. The van der Waals surface area contributed by atoms with Crippen LogP contribution in [0.2, 0.25) is 0 Å². The Labute approximate surface area is 99.1 Å². The molecule has 17 heavy (non-hydrogen) atoms. The Morgan fingerprint density at radius 3 is 2.82 bits per heavy atom. The molecule has 0 radical (unpaired) electrons. The number of carbonyl (C=O) groups is 1. The topological polar surface area (TPSA) is 80.9 Å². The van der Waals surface area contributed by atoms with Gasteiger partial charge in [0.15, 0.2) is 0 Å². The van der Waals surface area contributed by atoms with E-state index in [4.69, 9.17) is 5.73 Å². The van der Waals surface area contributed by atoms with Gasteiger partial charge in [0.1, 0.15) is 5.82 Å². The molecular formula is C12H14N4O. The Kier molecular flexibility index (Phi) is 3.18. The Morgan fingerprint density at radius 1 is 1.41 bits per heavy atom. The average Bonchev–Trinajstić information content (AvgIpc) is 2.27. The molecule has 5 heteroatoms. The predicted octanol–water partition coefficient (Wildman–Crippen LogP) is 1.31. The molecule has 0 spiro atoms. The molecule has 3 N–H and O–H groups in total. The molecule has 2 rings (SSSR count). The van der Waals surface area contributed by atoms with Crippen LogP contribution in [0.15, 0.2) is 30.5 Å². The van der Waals surface area contributed by atoms with E-state index in [9.17, 15) is 4.79 Å². The van der Waals surface area contributed by atoms with E-state index < -0.39 is 0 Å². The lowest BCUT2D eigenvalue weighted by atomic mass is 10.2. The number of nitrogens with zero attached hydrogens (tertiary/aromatic N) is 2. The number of nitrogens with two attached hydrogens (primary N) is 1. The Hall–Kier alpha value is -2.17. The largest absolute Gasteiger partial charge is 0.370 e. The minimum Gasteiger partial charge on any atom is -0.370 e. The maximum absolute atomic E-state index is 10.8. The molecule has 1 aromatic heterocycles. The lowest BCUT2D eigenvalue weighted by molar-refractivity contribution is -0.118. The van der Waals surface area contributed by atoms with Crippen molar-refractivity contribution in [2.45, 2.75) is 19.4 Å². The second-order valence-electron chi connectivity index (χ2n) is 3.96. The second kappa shape index (κ2) is 4.78. The van der Waals surface area contributed by atoms with Gasteiger partial charge >= 0.3 is 0 Å². The number of nitrogens with one attached hydrogen (secondary N) is 1. The van der Waals surface area contributed by atoms with Gasteiger partial charge in [0.2, 0.25) is 5.91 Å². The molecule has 0 bridgehead atoms. The third kappa shape index (κ3) is 2.90. The summed E-state index contributed by atoms with van der Waals surface area (Å²) in [5.74, 6) is 0.316. The van der Waals surface area contributed by atoms with E-state index >= 15 is 0 Å². The highest BCUT2D eigenvalue weighted by atomic mass is 16.1. The first-order chi connectivity index (χ1) is 8.15. The zero-order valence-electron chi connectivity index (χ0n) is 9.55. The molecule has 88 valence electrons. The Bertz CT molecular complexity index is 541. The van der Waals surface area contributed by atoms with Gasteiger partial charge in [-0.3, -0.25) is 9.78 Å². The number of amides is 1. The minimum atomic E-state index is -0.334. The van der Waals surface area contributed by atoms with Crippen LogP contribution in [0, 0.1) is 0 Å². The van der Waals surface area contributed by atoms with Crippen LogP contribution in [0.4, 0.5) is 5.82 Å². The van der Waals surface area contributed by atoms with Gasteiger partial charge in [0.05, 0.1) is 17.2 Å². The fraction of sp³-hybridized carbons (Fsp3) is 0.250. The maximum Gasteiger partial charge on any atom is 0.219 e.